The predicted molar refractivity (Wildman–Crippen MR) is 56.9 cm³/mol. The summed E-state index contributed by atoms with van der Waals surface area (Å²) in [4.78, 5) is 5.79. The van der Waals surface area contributed by atoms with Crippen LogP contribution in [0, 0.1) is 5.92 Å². The third-order valence-corrected chi connectivity index (χ3v) is 3.70. The molecule has 1 atom stereocenters. The van der Waals surface area contributed by atoms with Gasteiger partial charge in [-0.3, -0.25) is 0 Å². The van der Waals surface area contributed by atoms with Gasteiger partial charge in [0.1, 0.15) is 0 Å². The number of nitrogens with two attached hydrogens (primary N) is 1. The van der Waals surface area contributed by atoms with E-state index in [2.05, 4.69) is 11.9 Å². The van der Waals surface area contributed by atoms with Gasteiger partial charge < -0.3 is 5.73 Å². The van der Waals surface area contributed by atoms with Crippen LogP contribution in [0.4, 0.5) is 5.13 Å². The van der Waals surface area contributed by atoms with Crippen molar-refractivity contribution in [3.8, 4) is 0 Å². The summed E-state index contributed by atoms with van der Waals surface area (Å²) >= 11 is 1.69. The van der Waals surface area contributed by atoms with Gasteiger partial charge in [0.25, 0.3) is 0 Å². The molecule has 13 heavy (non-hydrogen) atoms. The summed E-state index contributed by atoms with van der Waals surface area (Å²) in [6.45, 7) is 2.26. The summed E-state index contributed by atoms with van der Waals surface area (Å²) in [6.07, 6.45) is 6.33. The Kier molecular flexibility index (Phi) is 2.54. The highest BCUT2D eigenvalue weighted by Crippen LogP contribution is 2.32. The maximum atomic E-state index is 5.69. The number of rotatable bonds is 2. The summed E-state index contributed by atoms with van der Waals surface area (Å²) in [5.41, 5.74) is 6.96. The monoisotopic (exact) mass is 196 g/mol. The van der Waals surface area contributed by atoms with E-state index in [4.69, 9.17) is 5.73 Å². The number of fused-ring (bicyclic) bond motifs is 1. The molecule has 72 valence electrons. The molecular weight excluding hydrogens is 180 g/mol. The van der Waals surface area contributed by atoms with Crippen molar-refractivity contribution < 1.29 is 0 Å². The summed E-state index contributed by atoms with van der Waals surface area (Å²) < 4.78 is 0. The van der Waals surface area contributed by atoms with Crippen LogP contribution in [0.2, 0.25) is 0 Å². The summed E-state index contributed by atoms with van der Waals surface area (Å²) in [5, 5.41) is 0.752. The lowest BCUT2D eigenvalue weighted by molar-refractivity contribution is 0.424. The fraction of sp³-hybridized carbons (Fsp3) is 0.700. The lowest BCUT2D eigenvalue weighted by Crippen LogP contribution is -2.12. The molecule has 1 aliphatic carbocycles. The molecule has 0 spiro atoms. The minimum atomic E-state index is 0.752. The SMILES string of the molecule is CCC[C@@H]1CCc2nc(N)sc2C1. The van der Waals surface area contributed by atoms with Crippen LogP contribution >= 0.6 is 11.3 Å². The second-order valence-electron chi connectivity index (χ2n) is 3.82. The Morgan fingerprint density at radius 3 is 3.23 bits per heavy atom. The second-order valence-corrected chi connectivity index (χ2v) is 4.93. The van der Waals surface area contributed by atoms with Gasteiger partial charge in [0.15, 0.2) is 5.13 Å². The Morgan fingerprint density at radius 2 is 2.46 bits per heavy atom. The lowest BCUT2D eigenvalue weighted by atomic mass is 9.88. The molecular formula is C10H16N2S. The highest BCUT2D eigenvalue weighted by atomic mass is 32.1. The van der Waals surface area contributed by atoms with E-state index >= 15 is 0 Å². The smallest absolute Gasteiger partial charge is 0.180 e. The normalized spacial score (nSPS) is 21.5. The topological polar surface area (TPSA) is 38.9 Å². The molecule has 0 aromatic carbocycles. The molecule has 3 heteroatoms. The van der Waals surface area contributed by atoms with Crippen molar-refractivity contribution in [2.75, 3.05) is 5.73 Å². The van der Waals surface area contributed by atoms with Gasteiger partial charge in [-0.2, -0.15) is 0 Å². The fourth-order valence-electron chi connectivity index (χ4n) is 2.12. The number of nitrogen functional groups attached to an aromatic ring is 1. The van der Waals surface area contributed by atoms with Crippen LogP contribution in [0.25, 0.3) is 0 Å². The number of aromatic nitrogens is 1. The predicted octanol–water partition coefficient (Wildman–Crippen LogP) is 2.63. The average Bonchev–Trinajstić information content (AvgIpc) is 2.44. The van der Waals surface area contributed by atoms with Crippen molar-refractivity contribution in [1.29, 1.82) is 0 Å². The zero-order valence-corrected chi connectivity index (χ0v) is 8.86. The van der Waals surface area contributed by atoms with E-state index in [1.165, 1.54) is 36.3 Å². The summed E-state index contributed by atoms with van der Waals surface area (Å²) in [5.74, 6) is 0.886. The molecule has 1 aromatic heterocycles. The van der Waals surface area contributed by atoms with Crippen LogP contribution in [0.3, 0.4) is 0 Å². The van der Waals surface area contributed by atoms with Crippen molar-refractivity contribution in [1.82, 2.24) is 4.98 Å². The second kappa shape index (κ2) is 3.66. The van der Waals surface area contributed by atoms with E-state index in [0.29, 0.717) is 0 Å². The Labute approximate surface area is 83.2 Å². The summed E-state index contributed by atoms with van der Waals surface area (Å²) in [6, 6.07) is 0. The highest BCUT2D eigenvalue weighted by molar-refractivity contribution is 7.15. The standard InChI is InChI=1S/C10H16N2S/c1-2-3-7-4-5-8-9(6-7)13-10(11)12-8/h7H,2-6H2,1H3,(H2,11,12)/t7-/m1/s1. The number of thiazole rings is 1. The van der Waals surface area contributed by atoms with Crippen LogP contribution in [0.5, 0.6) is 0 Å². The number of aryl methyl sites for hydroxylation is 1. The molecule has 0 fully saturated rings. The first-order valence-corrected chi connectivity index (χ1v) is 5.85. The Balaban J connectivity index is 2.10. The molecule has 1 aliphatic rings. The average molecular weight is 196 g/mol. The van der Waals surface area contributed by atoms with Gasteiger partial charge in [0.05, 0.1) is 5.69 Å². The van der Waals surface area contributed by atoms with Crippen molar-refractivity contribution >= 4 is 16.5 Å². The molecule has 0 amide bonds. The van der Waals surface area contributed by atoms with Gasteiger partial charge in [-0.1, -0.05) is 19.8 Å². The first-order chi connectivity index (χ1) is 6.29. The molecule has 0 saturated heterocycles. The minimum absolute atomic E-state index is 0.752. The Hall–Kier alpha value is -0.570. The maximum Gasteiger partial charge on any atom is 0.180 e. The molecule has 2 nitrogen and oxygen atoms in total. The largest absolute Gasteiger partial charge is 0.375 e. The van der Waals surface area contributed by atoms with E-state index in [1.807, 2.05) is 0 Å². The number of anilines is 1. The molecule has 0 aliphatic heterocycles. The zero-order valence-electron chi connectivity index (χ0n) is 8.05. The maximum absolute atomic E-state index is 5.69. The van der Waals surface area contributed by atoms with Gasteiger partial charge in [0.2, 0.25) is 0 Å². The Morgan fingerprint density at radius 1 is 1.62 bits per heavy atom. The van der Waals surface area contributed by atoms with E-state index in [0.717, 1.165) is 17.5 Å². The van der Waals surface area contributed by atoms with Gasteiger partial charge in [-0.05, 0) is 25.2 Å². The summed E-state index contributed by atoms with van der Waals surface area (Å²) in [7, 11) is 0. The molecule has 2 rings (SSSR count). The van der Waals surface area contributed by atoms with Crippen LogP contribution in [0.15, 0.2) is 0 Å². The number of hydrogen-bond acceptors (Lipinski definition) is 3. The minimum Gasteiger partial charge on any atom is -0.375 e. The molecule has 0 saturated carbocycles. The fourth-order valence-corrected chi connectivity index (χ4v) is 3.11. The first-order valence-electron chi connectivity index (χ1n) is 5.03. The van der Waals surface area contributed by atoms with Gasteiger partial charge in [0, 0.05) is 4.88 Å². The molecule has 1 aromatic rings. The third-order valence-electron chi connectivity index (χ3n) is 2.76. The van der Waals surface area contributed by atoms with E-state index in [9.17, 15) is 0 Å². The van der Waals surface area contributed by atoms with Crippen molar-refractivity contribution in [2.45, 2.75) is 39.0 Å². The molecule has 2 N–H and O–H groups in total. The highest BCUT2D eigenvalue weighted by Gasteiger charge is 2.20. The van der Waals surface area contributed by atoms with Gasteiger partial charge in [-0.15, -0.1) is 11.3 Å². The third kappa shape index (κ3) is 1.85. The molecule has 0 radical (unpaired) electrons. The zero-order chi connectivity index (χ0) is 9.26. The first kappa shape index (κ1) is 9.00. The van der Waals surface area contributed by atoms with E-state index < -0.39 is 0 Å². The van der Waals surface area contributed by atoms with Crippen LogP contribution in [0.1, 0.15) is 36.8 Å². The number of nitrogens with zero attached hydrogens (tertiary/aromatic N) is 1. The van der Waals surface area contributed by atoms with Crippen molar-refractivity contribution in [3.63, 3.8) is 0 Å². The molecule has 0 unspecified atom stereocenters. The molecule has 0 bridgehead atoms. The quantitative estimate of drug-likeness (QED) is 0.789. The van der Waals surface area contributed by atoms with Crippen LogP contribution in [-0.4, -0.2) is 4.98 Å². The van der Waals surface area contributed by atoms with E-state index in [-0.39, 0.29) is 0 Å². The lowest BCUT2D eigenvalue weighted by Gasteiger charge is -2.19. The Bertz CT molecular complexity index is 293. The van der Waals surface area contributed by atoms with Crippen LogP contribution < -0.4 is 5.73 Å². The van der Waals surface area contributed by atoms with Gasteiger partial charge in [-0.25, -0.2) is 4.98 Å². The molecule has 1 heterocycles. The van der Waals surface area contributed by atoms with Crippen LogP contribution in [-0.2, 0) is 12.8 Å². The van der Waals surface area contributed by atoms with E-state index in [1.54, 1.807) is 11.3 Å². The van der Waals surface area contributed by atoms with Crippen molar-refractivity contribution in [2.24, 2.45) is 5.92 Å². The van der Waals surface area contributed by atoms with Gasteiger partial charge >= 0.3 is 0 Å². The number of hydrogen-bond donors (Lipinski definition) is 1. The van der Waals surface area contributed by atoms with Crippen molar-refractivity contribution in [3.05, 3.63) is 10.6 Å².